The lowest BCUT2D eigenvalue weighted by Gasteiger charge is -2.21. The molecule has 0 aliphatic carbocycles. The summed E-state index contributed by atoms with van der Waals surface area (Å²) in [5, 5.41) is 18.1. The van der Waals surface area contributed by atoms with Gasteiger partial charge in [0.2, 0.25) is 0 Å². The molecule has 0 radical (unpaired) electrons. The number of carboxylic acid groups (broad SMARTS) is 2. The van der Waals surface area contributed by atoms with Crippen molar-refractivity contribution in [3.63, 3.8) is 0 Å². The lowest BCUT2D eigenvalue weighted by molar-refractivity contribution is -0.154. The van der Waals surface area contributed by atoms with Crippen LogP contribution in [0.3, 0.4) is 0 Å². The normalized spacial score (nSPS) is 14.8. The fraction of sp³-hybridized carbons (Fsp3) is 0.818. The summed E-state index contributed by atoms with van der Waals surface area (Å²) in [7, 11) is 0. The van der Waals surface area contributed by atoms with E-state index in [4.69, 9.17) is 15.9 Å². The maximum atomic E-state index is 11.0. The van der Waals surface area contributed by atoms with E-state index in [2.05, 4.69) is 0 Å². The van der Waals surface area contributed by atoms with Gasteiger partial charge in [0, 0.05) is 0 Å². The van der Waals surface area contributed by atoms with Gasteiger partial charge < -0.3 is 15.9 Å². The van der Waals surface area contributed by atoms with E-state index >= 15 is 0 Å². The fourth-order valence-electron chi connectivity index (χ4n) is 1.78. The Morgan fingerprint density at radius 2 is 1.62 bits per heavy atom. The molecule has 4 N–H and O–H groups in total. The van der Waals surface area contributed by atoms with E-state index in [-0.39, 0.29) is 5.92 Å². The largest absolute Gasteiger partial charge is 0.481 e. The average Bonchev–Trinajstić information content (AvgIpc) is 2.15. The first-order valence-corrected chi connectivity index (χ1v) is 5.55. The van der Waals surface area contributed by atoms with Crippen LogP contribution in [0.5, 0.6) is 0 Å². The Bertz CT molecular complexity index is 240. The summed E-state index contributed by atoms with van der Waals surface area (Å²) >= 11 is 0. The van der Waals surface area contributed by atoms with Crippen LogP contribution < -0.4 is 5.73 Å². The second kappa shape index (κ2) is 7.22. The second-order valence-electron chi connectivity index (χ2n) is 4.45. The summed E-state index contributed by atoms with van der Waals surface area (Å²) in [6.45, 7) is 4.16. The van der Waals surface area contributed by atoms with E-state index in [0.717, 1.165) is 0 Å². The molecule has 5 heteroatoms. The van der Waals surface area contributed by atoms with Gasteiger partial charge in [-0.15, -0.1) is 0 Å². The first-order valence-electron chi connectivity index (χ1n) is 5.55. The van der Waals surface area contributed by atoms with Crippen LogP contribution >= 0.6 is 0 Å². The fourth-order valence-corrected chi connectivity index (χ4v) is 1.78. The lowest BCUT2D eigenvalue weighted by atomic mass is 9.83. The van der Waals surface area contributed by atoms with Crippen molar-refractivity contribution in [1.29, 1.82) is 0 Å². The highest BCUT2D eigenvalue weighted by Gasteiger charge is 2.33. The van der Waals surface area contributed by atoms with Crippen LogP contribution in [0.2, 0.25) is 0 Å². The Morgan fingerprint density at radius 1 is 1.12 bits per heavy atom. The van der Waals surface area contributed by atoms with Crippen LogP contribution in [0.1, 0.15) is 33.1 Å². The first kappa shape index (κ1) is 14.9. The molecule has 0 heterocycles. The standard InChI is InChI=1S/C11H21NO4/c1-7(2)6-9(11(15)16)8(10(13)14)4-3-5-12/h7-9H,3-6,12H2,1-2H3,(H,13,14)(H,15,16)/t8-,9+/m0/s1. The minimum atomic E-state index is -1.04. The van der Waals surface area contributed by atoms with Gasteiger partial charge in [-0.25, -0.2) is 0 Å². The highest BCUT2D eigenvalue weighted by molar-refractivity contribution is 5.79. The Balaban J connectivity index is 4.65. The average molecular weight is 231 g/mol. The summed E-state index contributed by atoms with van der Waals surface area (Å²) in [6, 6.07) is 0. The van der Waals surface area contributed by atoms with Gasteiger partial charge in [0.25, 0.3) is 0 Å². The molecule has 94 valence electrons. The van der Waals surface area contributed by atoms with Crippen LogP contribution in [0.25, 0.3) is 0 Å². The molecule has 0 aliphatic rings. The molecule has 16 heavy (non-hydrogen) atoms. The topological polar surface area (TPSA) is 101 Å². The second-order valence-corrected chi connectivity index (χ2v) is 4.45. The van der Waals surface area contributed by atoms with Gasteiger partial charge in [-0.3, -0.25) is 9.59 Å². The molecular weight excluding hydrogens is 210 g/mol. The zero-order valence-electron chi connectivity index (χ0n) is 9.85. The van der Waals surface area contributed by atoms with E-state index < -0.39 is 23.8 Å². The number of aliphatic carboxylic acids is 2. The molecule has 0 rings (SSSR count). The predicted octanol–water partition coefficient (Wildman–Crippen LogP) is 1.17. The van der Waals surface area contributed by atoms with Crippen molar-refractivity contribution in [3.05, 3.63) is 0 Å². The minimum Gasteiger partial charge on any atom is -0.481 e. The van der Waals surface area contributed by atoms with Gasteiger partial charge in [0.15, 0.2) is 0 Å². The smallest absolute Gasteiger partial charge is 0.307 e. The molecule has 2 atom stereocenters. The summed E-state index contributed by atoms with van der Waals surface area (Å²) in [5.41, 5.74) is 5.31. The van der Waals surface area contributed by atoms with Gasteiger partial charge in [-0.1, -0.05) is 13.8 Å². The summed E-state index contributed by atoms with van der Waals surface area (Å²) in [6.07, 6.45) is 1.26. The van der Waals surface area contributed by atoms with Crippen LogP contribution in [-0.2, 0) is 9.59 Å². The quantitative estimate of drug-likeness (QED) is 0.582. The SMILES string of the molecule is CC(C)C[C@@H](C(=O)O)[C@H](CCCN)C(=O)O. The number of rotatable bonds is 8. The third-order valence-corrected chi connectivity index (χ3v) is 2.56. The van der Waals surface area contributed by atoms with E-state index in [1.54, 1.807) is 0 Å². The van der Waals surface area contributed by atoms with Crippen molar-refractivity contribution in [2.45, 2.75) is 33.1 Å². The molecule has 0 amide bonds. The highest BCUT2D eigenvalue weighted by Crippen LogP contribution is 2.25. The summed E-state index contributed by atoms with van der Waals surface area (Å²) in [4.78, 5) is 22.1. The number of carbonyl (C=O) groups is 2. The summed E-state index contributed by atoms with van der Waals surface area (Å²) < 4.78 is 0. The molecular formula is C11H21NO4. The van der Waals surface area contributed by atoms with Gasteiger partial charge in [0.05, 0.1) is 11.8 Å². The Morgan fingerprint density at radius 3 is 1.94 bits per heavy atom. The van der Waals surface area contributed by atoms with Crippen LogP contribution in [0.15, 0.2) is 0 Å². The zero-order chi connectivity index (χ0) is 12.7. The molecule has 0 aliphatic heterocycles. The number of nitrogens with two attached hydrogens (primary N) is 1. The van der Waals surface area contributed by atoms with E-state index in [0.29, 0.717) is 25.8 Å². The molecule has 0 unspecified atom stereocenters. The molecule has 0 bridgehead atoms. The van der Waals surface area contributed by atoms with Crippen molar-refractivity contribution < 1.29 is 19.8 Å². The minimum absolute atomic E-state index is 0.167. The van der Waals surface area contributed by atoms with Gasteiger partial charge in [-0.05, 0) is 31.7 Å². The van der Waals surface area contributed by atoms with E-state index in [1.807, 2.05) is 13.8 Å². The van der Waals surface area contributed by atoms with Gasteiger partial charge in [-0.2, -0.15) is 0 Å². The Kier molecular flexibility index (Phi) is 6.72. The Labute approximate surface area is 95.6 Å². The zero-order valence-corrected chi connectivity index (χ0v) is 9.85. The molecule has 0 saturated carbocycles. The third kappa shape index (κ3) is 5.11. The predicted molar refractivity (Wildman–Crippen MR) is 60.0 cm³/mol. The maximum Gasteiger partial charge on any atom is 0.307 e. The molecule has 0 aromatic heterocycles. The molecule has 0 aromatic carbocycles. The van der Waals surface area contributed by atoms with Crippen molar-refractivity contribution >= 4 is 11.9 Å². The lowest BCUT2D eigenvalue weighted by Crippen LogP contribution is -2.31. The molecule has 0 spiro atoms. The first-order chi connectivity index (χ1) is 7.40. The maximum absolute atomic E-state index is 11.0. The molecule has 5 nitrogen and oxygen atoms in total. The molecule has 0 fully saturated rings. The van der Waals surface area contributed by atoms with Gasteiger partial charge >= 0.3 is 11.9 Å². The Hall–Kier alpha value is -1.10. The van der Waals surface area contributed by atoms with Gasteiger partial charge in [0.1, 0.15) is 0 Å². The van der Waals surface area contributed by atoms with Crippen molar-refractivity contribution in [2.75, 3.05) is 6.54 Å². The van der Waals surface area contributed by atoms with Crippen LogP contribution in [-0.4, -0.2) is 28.7 Å². The van der Waals surface area contributed by atoms with E-state index in [1.165, 1.54) is 0 Å². The third-order valence-electron chi connectivity index (χ3n) is 2.56. The molecule has 0 saturated heterocycles. The van der Waals surface area contributed by atoms with Crippen LogP contribution in [0.4, 0.5) is 0 Å². The highest BCUT2D eigenvalue weighted by atomic mass is 16.4. The number of carboxylic acids is 2. The number of hydrogen-bond donors (Lipinski definition) is 3. The van der Waals surface area contributed by atoms with Crippen molar-refractivity contribution in [2.24, 2.45) is 23.5 Å². The molecule has 0 aromatic rings. The van der Waals surface area contributed by atoms with Crippen molar-refractivity contribution in [3.8, 4) is 0 Å². The van der Waals surface area contributed by atoms with Crippen LogP contribution in [0, 0.1) is 17.8 Å². The van der Waals surface area contributed by atoms with Crippen molar-refractivity contribution in [1.82, 2.24) is 0 Å². The monoisotopic (exact) mass is 231 g/mol. The van der Waals surface area contributed by atoms with E-state index in [9.17, 15) is 9.59 Å². The number of hydrogen-bond acceptors (Lipinski definition) is 3. The summed E-state index contributed by atoms with van der Waals surface area (Å²) in [5.74, 6) is -3.55.